The molecule has 0 radical (unpaired) electrons. The maximum Gasteiger partial charge on any atom is 0.421 e. The molecule has 0 saturated carbocycles. The molecule has 2 rings (SSSR count). The van der Waals surface area contributed by atoms with Crippen LogP contribution in [0.25, 0.3) is 0 Å². The van der Waals surface area contributed by atoms with Crippen molar-refractivity contribution in [2.24, 2.45) is 0 Å². The molecule has 1 unspecified atom stereocenters. The second-order valence-electron chi connectivity index (χ2n) is 3.66. The molecule has 0 amide bonds. The maximum atomic E-state index is 12.7. The van der Waals surface area contributed by atoms with Crippen molar-refractivity contribution in [3.05, 3.63) is 34.3 Å². The van der Waals surface area contributed by atoms with E-state index >= 15 is 0 Å². The van der Waals surface area contributed by atoms with Crippen LogP contribution >= 0.6 is 11.6 Å². The van der Waals surface area contributed by atoms with Gasteiger partial charge in [-0.1, -0.05) is 17.7 Å². The summed E-state index contributed by atoms with van der Waals surface area (Å²) in [4.78, 5) is 0. The molecule has 1 aromatic carbocycles. The number of halogens is 4. The molecule has 1 atom stereocenters. The summed E-state index contributed by atoms with van der Waals surface area (Å²) in [5.74, 6) is 0. The molecule has 15 heavy (non-hydrogen) atoms. The number of alkyl halides is 3. The molecule has 1 N–H and O–H groups in total. The van der Waals surface area contributed by atoms with E-state index in [1.807, 2.05) is 0 Å². The minimum Gasteiger partial charge on any atom is -0.376 e. The first-order valence-electron chi connectivity index (χ1n) is 4.42. The number of hydrogen-bond acceptors (Lipinski definition) is 1. The third-order valence-electron chi connectivity index (χ3n) is 2.74. The van der Waals surface area contributed by atoms with Crippen LogP contribution in [-0.4, -0.2) is 11.3 Å². The zero-order valence-electron chi connectivity index (χ0n) is 7.61. The van der Waals surface area contributed by atoms with E-state index in [0.717, 1.165) is 0 Å². The molecule has 1 aliphatic rings. The van der Waals surface area contributed by atoms with Crippen molar-refractivity contribution in [1.29, 1.82) is 0 Å². The molecule has 1 nitrogen and oxygen atoms in total. The third kappa shape index (κ3) is 1.52. The maximum absolute atomic E-state index is 12.7. The molecule has 0 fully saturated rings. The Hall–Kier alpha value is -0.740. The van der Waals surface area contributed by atoms with Gasteiger partial charge in [0.2, 0.25) is 0 Å². The van der Waals surface area contributed by atoms with Gasteiger partial charge in [-0.15, -0.1) is 0 Å². The molecular weight excluding hydrogens is 229 g/mol. The number of rotatable bonds is 0. The Balaban J connectivity index is 2.56. The van der Waals surface area contributed by atoms with E-state index in [2.05, 4.69) is 0 Å². The summed E-state index contributed by atoms with van der Waals surface area (Å²) in [5, 5.41) is 9.83. The molecule has 82 valence electrons. The number of hydrogen-bond donors (Lipinski definition) is 1. The predicted molar refractivity (Wildman–Crippen MR) is 49.7 cm³/mol. The van der Waals surface area contributed by atoms with Crippen LogP contribution in [0.15, 0.2) is 18.2 Å². The Morgan fingerprint density at radius 1 is 1.33 bits per heavy atom. The fraction of sp³-hybridized carbons (Fsp3) is 0.400. The number of aryl methyl sites for hydroxylation is 1. The van der Waals surface area contributed by atoms with Gasteiger partial charge in [0.25, 0.3) is 0 Å². The van der Waals surface area contributed by atoms with Crippen molar-refractivity contribution >= 4 is 11.6 Å². The number of benzene rings is 1. The van der Waals surface area contributed by atoms with Crippen LogP contribution in [-0.2, 0) is 12.0 Å². The van der Waals surface area contributed by atoms with Crippen LogP contribution in [0.3, 0.4) is 0 Å². The average molecular weight is 237 g/mol. The smallest absolute Gasteiger partial charge is 0.376 e. The lowest BCUT2D eigenvalue weighted by Gasteiger charge is -2.26. The van der Waals surface area contributed by atoms with Gasteiger partial charge in [-0.25, -0.2) is 0 Å². The van der Waals surface area contributed by atoms with Crippen LogP contribution in [0, 0.1) is 0 Å². The topological polar surface area (TPSA) is 20.2 Å². The lowest BCUT2D eigenvalue weighted by atomic mass is 9.95. The van der Waals surface area contributed by atoms with Gasteiger partial charge in [0.05, 0.1) is 0 Å². The largest absolute Gasteiger partial charge is 0.421 e. The Morgan fingerprint density at radius 2 is 2.00 bits per heavy atom. The molecule has 5 heteroatoms. The molecule has 0 bridgehead atoms. The van der Waals surface area contributed by atoms with Crippen molar-refractivity contribution in [2.45, 2.75) is 24.6 Å². The Labute approximate surface area is 89.5 Å². The summed E-state index contributed by atoms with van der Waals surface area (Å²) < 4.78 is 38.0. The van der Waals surface area contributed by atoms with Crippen molar-refractivity contribution in [3.8, 4) is 0 Å². The number of fused-ring (bicyclic) bond motifs is 1. The normalized spacial score (nSPS) is 25.4. The predicted octanol–water partition coefficient (Wildman–Crippen LogP) is 3.04. The quantitative estimate of drug-likeness (QED) is 0.734. The summed E-state index contributed by atoms with van der Waals surface area (Å²) >= 11 is 5.62. The van der Waals surface area contributed by atoms with E-state index in [0.29, 0.717) is 5.56 Å². The zero-order chi connectivity index (χ0) is 11.3. The van der Waals surface area contributed by atoms with Gasteiger partial charge in [0, 0.05) is 5.02 Å². The first kappa shape index (κ1) is 10.8. The van der Waals surface area contributed by atoms with E-state index in [1.54, 1.807) is 0 Å². The van der Waals surface area contributed by atoms with Gasteiger partial charge in [-0.05, 0) is 36.1 Å². The SMILES string of the molecule is OC1(C(F)(F)F)CCc2ccc(Cl)cc21. The van der Waals surface area contributed by atoms with Crippen molar-refractivity contribution in [3.63, 3.8) is 0 Å². The molecule has 1 aliphatic carbocycles. The van der Waals surface area contributed by atoms with E-state index in [4.69, 9.17) is 11.6 Å². The second-order valence-corrected chi connectivity index (χ2v) is 4.10. The highest BCUT2D eigenvalue weighted by atomic mass is 35.5. The fourth-order valence-corrected chi connectivity index (χ4v) is 2.07. The van der Waals surface area contributed by atoms with Gasteiger partial charge < -0.3 is 5.11 Å². The highest BCUT2D eigenvalue weighted by Crippen LogP contribution is 2.48. The summed E-state index contributed by atoms with van der Waals surface area (Å²) in [5.41, 5.74) is -2.32. The molecule has 0 heterocycles. The minimum absolute atomic E-state index is 0.109. The van der Waals surface area contributed by atoms with Gasteiger partial charge in [0.15, 0.2) is 5.60 Å². The lowest BCUT2D eigenvalue weighted by molar-refractivity contribution is -0.265. The molecule has 0 aliphatic heterocycles. The summed E-state index contributed by atoms with van der Waals surface area (Å²) in [6.45, 7) is 0. The summed E-state index contributed by atoms with van der Waals surface area (Å²) in [6.07, 6.45) is -4.75. The fourth-order valence-electron chi connectivity index (χ4n) is 1.90. The van der Waals surface area contributed by atoms with Gasteiger partial charge >= 0.3 is 6.18 Å². The van der Waals surface area contributed by atoms with Crippen LogP contribution in [0.5, 0.6) is 0 Å². The first-order valence-corrected chi connectivity index (χ1v) is 4.80. The van der Waals surface area contributed by atoms with Crippen LogP contribution in [0.4, 0.5) is 13.2 Å². The third-order valence-corrected chi connectivity index (χ3v) is 2.98. The number of aliphatic hydroxyl groups is 1. The second kappa shape index (κ2) is 3.12. The lowest BCUT2D eigenvalue weighted by Crippen LogP contribution is -2.40. The molecule has 0 spiro atoms. The monoisotopic (exact) mass is 236 g/mol. The molecule has 1 aromatic rings. The molecule has 0 aromatic heterocycles. The van der Waals surface area contributed by atoms with E-state index in [1.165, 1.54) is 18.2 Å². The van der Waals surface area contributed by atoms with Gasteiger partial charge in [0.1, 0.15) is 0 Å². The van der Waals surface area contributed by atoms with E-state index in [9.17, 15) is 18.3 Å². The van der Waals surface area contributed by atoms with Crippen LogP contribution < -0.4 is 0 Å². The standard InChI is InChI=1S/C10H8ClF3O/c11-7-2-1-6-3-4-9(15,8(6)5-7)10(12,13)14/h1-2,5,15H,3-4H2. The highest BCUT2D eigenvalue weighted by molar-refractivity contribution is 6.30. The van der Waals surface area contributed by atoms with Crippen molar-refractivity contribution in [2.75, 3.05) is 0 Å². The van der Waals surface area contributed by atoms with Gasteiger partial charge in [-0.3, -0.25) is 0 Å². The first-order chi connectivity index (χ1) is 6.84. The Morgan fingerprint density at radius 3 is 2.60 bits per heavy atom. The molecule has 0 saturated heterocycles. The summed E-state index contributed by atoms with van der Waals surface area (Å²) in [6, 6.07) is 4.25. The van der Waals surface area contributed by atoms with Crippen molar-refractivity contribution in [1.82, 2.24) is 0 Å². The van der Waals surface area contributed by atoms with Gasteiger partial charge in [-0.2, -0.15) is 13.2 Å². The minimum atomic E-state index is -4.65. The summed E-state index contributed by atoms with van der Waals surface area (Å²) in [7, 11) is 0. The van der Waals surface area contributed by atoms with Crippen LogP contribution in [0.2, 0.25) is 5.02 Å². The Bertz CT molecular complexity index is 402. The van der Waals surface area contributed by atoms with Crippen molar-refractivity contribution < 1.29 is 18.3 Å². The average Bonchev–Trinajstić information content (AvgIpc) is 2.44. The van der Waals surface area contributed by atoms with E-state index < -0.39 is 11.8 Å². The van der Waals surface area contributed by atoms with Crippen LogP contribution in [0.1, 0.15) is 17.5 Å². The zero-order valence-corrected chi connectivity index (χ0v) is 8.36. The highest BCUT2D eigenvalue weighted by Gasteiger charge is 2.57. The Kier molecular flexibility index (Phi) is 2.24. The van der Waals surface area contributed by atoms with E-state index in [-0.39, 0.29) is 23.4 Å². The molecular formula is C10H8ClF3O.